The number of rotatable bonds is 2. The number of aromatic nitrogens is 3. The van der Waals surface area contributed by atoms with Crippen LogP contribution in [0.3, 0.4) is 0 Å². The van der Waals surface area contributed by atoms with Crippen LogP contribution in [0.1, 0.15) is 30.6 Å². The van der Waals surface area contributed by atoms with Crippen molar-refractivity contribution in [2.45, 2.75) is 26.3 Å². The molecule has 0 saturated carbocycles. The topological polar surface area (TPSA) is 77.0 Å². The van der Waals surface area contributed by atoms with Gasteiger partial charge in [0.1, 0.15) is 12.1 Å². The minimum Gasteiger partial charge on any atom is -0.338 e. The van der Waals surface area contributed by atoms with E-state index in [0.717, 1.165) is 12.2 Å². The molecular weight excluding hydrogens is 349 g/mol. The van der Waals surface area contributed by atoms with Crippen molar-refractivity contribution in [1.29, 1.82) is 0 Å². The number of nitrogens with two attached hydrogens (primary N) is 1. The Kier molecular flexibility index (Phi) is 6.77. The van der Waals surface area contributed by atoms with Gasteiger partial charge >= 0.3 is 0 Å². The molecule has 1 saturated heterocycles. The van der Waals surface area contributed by atoms with E-state index in [4.69, 9.17) is 5.73 Å². The van der Waals surface area contributed by atoms with Crippen molar-refractivity contribution in [3.05, 3.63) is 42.6 Å². The molecule has 2 aromatic rings. The summed E-state index contributed by atoms with van der Waals surface area (Å²) in [6, 6.07) is 3.78. The van der Waals surface area contributed by atoms with Gasteiger partial charge in [0.05, 0.1) is 5.56 Å². The van der Waals surface area contributed by atoms with E-state index in [2.05, 4.69) is 23.8 Å². The Morgan fingerprint density at radius 2 is 2.08 bits per heavy atom. The van der Waals surface area contributed by atoms with Crippen LogP contribution in [0.2, 0.25) is 0 Å². The highest BCUT2D eigenvalue weighted by Crippen LogP contribution is 2.28. The first kappa shape index (κ1) is 20.4. The number of hydrogen-bond donors (Lipinski definition) is 1. The van der Waals surface area contributed by atoms with Crippen LogP contribution in [0.4, 0.5) is 0 Å². The van der Waals surface area contributed by atoms with Crippen LogP contribution in [0.15, 0.2) is 37.1 Å². The molecule has 2 aromatic heterocycles. The highest BCUT2D eigenvalue weighted by molar-refractivity contribution is 5.94. The third-order valence-corrected chi connectivity index (χ3v) is 4.36. The van der Waals surface area contributed by atoms with E-state index in [-0.39, 0.29) is 42.2 Å². The van der Waals surface area contributed by atoms with Crippen LogP contribution < -0.4 is 5.73 Å². The summed E-state index contributed by atoms with van der Waals surface area (Å²) >= 11 is 0. The summed E-state index contributed by atoms with van der Waals surface area (Å²) in [5, 5.41) is 0. The average Bonchev–Trinajstić information content (AvgIpc) is 3.04. The van der Waals surface area contributed by atoms with Crippen molar-refractivity contribution in [3.8, 4) is 5.82 Å². The van der Waals surface area contributed by atoms with Gasteiger partial charge in [-0.3, -0.25) is 9.36 Å². The van der Waals surface area contributed by atoms with E-state index in [1.807, 2.05) is 23.2 Å². The fourth-order valence-electron chi connectivity index (χ4n) is 2.79. The number of carbonyl (C=O) groups excluding carboxylic acids is 1. The zero-order valence-electron chi connectivity index (χ0n) is 13.8. The van der Waals surface area contributed by atoms with Crippen molar-refractivity contribution in [2.75, 3.05) is 13.1 Å². The van der Waals surface area contributed by atoms with Crippen molar-refractivity contribution in [3.63, 3.8) is 0 Å². The fourth-order valence-corrected chi connectivity index (χ4v) is 2.79. The lowest BCUT2D eigenvalue weighted by Gasteiger charge is -2.42. The molecule has 1 amide bonds. The molecule has 0 aliphatic carbocycles. The summed E-state index contributed by atoms with van der Waals surface area (Å²) in [6.45, 7) is 5.60. The zero-order chi connectivity index (χ0) is 15.7. The summed E-state index contributed by atoms with van der Waals surface area (Å²) in [7, 11) is 0. The number of amides is 1. The number of nitrogens with zero attached hydrogens (tertiary/aromatic N) is 4. The number of piperidine rings is 1. The molecule has 1 atom stereocenters. The van der Waals surface area contributed by atoms with Crippen LogP contribution in [-0.4, -0.2) is 44.5 Å². The lowest BCUT2D eigenvalue weighted by Crippen LogP contribution is -2.54. The summed E-state index contributed by atoms with van der Waals surface area (Å²) in [6.07, 6.45) is 7.65. The Hall–Kier alpha value is -1.63. The molecule has 3 heterocycles. The molecule has 132 valence electrons. The van der Waals surface area contributed by atoms with Gasteiger partial charge in [-0.05, 0) is 24.0 Å². The van der Waals surface area contributed by atoms with E-state index >= 15 is 0 Å². The SMILES string of the molecule is CC1(C)CN(C(=O)c2ccc(-n3ccnc3)nc2)CCC1N.Cl.Cl. The molecule has 24 heavy (non-hydrogen) atoms. The lowest BCUT2D eigenvalue weighted by atomic mass is 9.79. The summed E-state index contributed by atoms with van der Waals surface area (Å²) in [4.78, 5) is 22.8. The lowest BCUT2D eigenvalue weighted by molar-refractivity contribution is 0.0532. The van der Waals surface area contributed by atoms with Crippen molar-refractivity contribution < 1.29 is 4.79 Å². The largest absolute Gasteiger partial charge is 0.338 e. The first-order chi connectivity index (χ1) is 10.5. The van der Waals surface area contributed by atoms with Crippen LogP contribution in [0.25, 0.3) is 5.82 Å². The Balaban J connectivity index is 0.00000144. The quantitative estimate of drug-likeness (QED) is 0.878. The monoisotopic (exact) mass is 371 g/mol. The van der Waals surface area contributed by atoms with Gasteiger partial charge in [0.15, 0.2) is 0 Å². The number of hydrogen-bond acceptors (Lipinski definition) is 4. The number of carbonyl (C=O) groups is 1. The first-order valence-corrected chi connectivity index (χ1v) is 7.46. The molecule has 0 spiro atoms. The van der Waals surface area contributed by atoms with Gasteiger partial charge in [-0.1, -0.05) is 13.8 Å². The van der Waals surface area contributed by atoms with Crippen LogP contribution in [0.5, 0.6) is 0 Å². The molecule has 3 rings (SSSR count). The summed E-state index contributed by atoms with van der Waals surface area (Å²) in [5.74, 6) is 0.764. The van der Waals surface area contributed by atoms with Gasteiger partial charge in [0.25, 0.3) is 5.91 Å². The molecule has 8 heteroatoms. The second-order valence-corrected chi connectivity index (χ2v) is 6.49. The summed E-state index contributed by atoms with van der Waals surface area (Å²) < 4.78 is 1.80. The molecule has 1 fully saturated rings. The van der Waals surface area contributed by atoms with Gasteiger partial charge in [-0.2, -0.15) is 0 Å². The maximum atomic E-state index is 12.6. The molecule has 2 N–H and O–H groups in total. The van der Waals surface area contributed by atoms with Gasteiger partial charge in [-0.25, -0.2) is 9.97 Å². The van der Waals surface area contributed by atoms with Crippen molar-refractivity contribution in [1.82, 2.24) is 19.4 Å². The Labute approximate surface area is 154 Å². The Morgan fingerprint density at radius 3 is 2.62 bits per heavy atom. The van der Waals surface area contributed by atoms with E-state index in [0.29, 0.717) is 18.7 Å². The van der Waals surface area contributed by atoms with Crippen LogP contribution in [0, 0.1) is 5.41 Å². The Morgan fingerprint density at radius 1 is 1.33 bits per heavy atom. The second kappa shape index (κ2) is 7.96. The Bertz CT molecular complexity index is 658. The maximum Gasteiger partial charge on any atom is 0.255 e. The van der Waals surface area contributed by atoms with Gasteiger partial charge in [0, 0.05) is 37.7 Å². The first-order valence-electron chi connectivity index (χ1n) is 7.46. The molecule has 6 nitrogen and oxygen atoms in total. The maximum absolute atomic E-state index is 12.6. The predicted molar refractivity (Wildman–Crippen MR) is 98.1 cm³/mol. The highest BCUT2D eigenvalue weighted by Gasteiger charge is 2.35. The minimum absolute atomic E-state index is 0. The van der Waals surface area contributed by atoms with Gasteiger partial charge in [-0.15, -0.1) is 24.8 Å². The molecule has 1 aliphatic heterocycles. The second-order valence-electron chi connectivity index (χ2n) is 6.49. The fraction of sp³-hybridized carbons (Fsp3) is 0.438. The number of imidazole rings is 1. The predicted octanol–water partition coefficient (Wildman–Crippen LogP) is 2.31. The molecule has 0 aromatic carbocycles. The number of halogens is 2. The van der Waals surface area contributed by atoms with E-state index in [1.165, 1.54) is 0 Å². The normalized spacial score (nSPS) is 19.1. The standard InChI is InChI=1S/C16H21N5O.2ClH/c1-16(2)10-20(7-5-13(16)17)15(22)12-3-4-14(19-9-12)21-8-6-18-11-21;;/h3-4,6,8-9,11,13H,5,7,10,17H2,1-2H3;2*1H. The minimum atomic E-state index is -0.0575. The third-order valence-electron chi connectivity index (χ3n) is 4.36. The van der Waals surface area contributed by atoms with Crippen LogP contribution >= 0.6 is 24.8 Å². The van der Waals surface area contributed by atoms with E-state index in [9.17, 15) is 4.79 Å². The number of pyridine rings is 1. The van der Waals surface area contributed by atoms with Gasteiger partial charge in [0.2, 0.25) is 0 Å². The molecule has 0 bridgehead atoms. The van der Waals surface area contributed by atoms with E-state index in [1.54, 1.807) is 23.3 Å². The van der Waals surface area contributed by atoms with Crippen LogP contribution in [-0.2, 0) is 0 Å². The van der Waals surface area contributed by atoms with Crippen molar-refractivity contribution >= 4 is 30.7 Å². The number of likely N-dealkylation sites (tertiary alicyclic amines) is 1. The van der Waals surface area contributed by atoms with Crippen molar-refractivity contribution in [2.24, 2.45) is 11.1 Å². The zero-order valence-corrected chi connectivity index (χ0v) is 15.4. The molecular formula is C16H23Cl2N5O. The average molecular weight is 372 g/mol. The third kappa shape index (κ3) is 4.06. The summed E-state index contributed by atoms with van der Waals surface area (Å²) in [5.41, 5.74) is 6.68. The highest BCUT2D eigenvalue weighted by atomic mass is 35.5. The molecule has 0 radical (unpaired) electrons. The van der Waals surface area contributed by atoms with Gasteiger partial charge < -0.3 is 10.6 Å². The van der Waals surface area contributed by atoms with E-state index < -0.39 is 0 Å². The molecule has 1 unspecified atom stereocenters. The smallest absolute Gasteiger partial charge is 0.255 e. The molecule has 1 aliphatic rings.